The molecule has 0 aliphatic rings. The first kappa shape index (κ1) is 11.5. The summed E-state index contributed by atoms with van der Waals surface area (Å²) in [7, 11) is 0. The molecule has 3 heteroatoms. The summed E-state index contributed by atoms with van der Waals surface area (Å²) in [5, 5.41) is 0. The van der Waals surface area contributed by atoms with Gasteiger partial charge >= 0.3 is 0 Å². The number of carbonyl (C=O) groups excluding carboxylic acids is 1. The Hall–Kier alpha value is -2.03. The number of hydrogen-bond acceptors (Lipinski definition) is 3. The summed E-state index contributed by atoms with van der Waals surface area (Å²) in [5.74, 6) is 0.221. The highest BCUT2D eigenvalue weighted by Crippen LogP contribution is 2.19. The molecule has 0 radical (unpaired) electrons. The molecule has 1 heterocycles. The number of benzene rings is 1. The zero-order valence-corrected chi connectivity index (χ0v) is 9.76. The zero-order valence-electron chi connectivity index (χ0n) is 9.76. The first-order valence-electron chi connectivity index (χ1n) is 5.59. The van der Waals surface area contributed by atoms with Crippen LogP contribution in [0.3, 0.4) is 0 Å². The summed E-state index contributed by atoms with van der Waals surface area (Å²) in [6.07, 6.45) is 6.48. The van der Waals surface area contributed by atoms with Crippen molar-refractivity contribution in [2.24, 2.45) is 0 Å². The molecule has 0 atom stereocenters. The molecular weight excluding hydrogens is 212 g/mol. The van der Waals surface area contributed by atoms with Crippen LogP contribution in [0, 0.1) is 0 Å². The van der Waals surface area contributed by atoms with Crippen LogP contribution in [0.1, 0.15) is 18.9 Å². The van der Waals surface area contributed by atoms with Gasteiger partial charge in [0, 0.05) is 24.4 Å². The minimum atomic E-state index is 0.221. The number of aromatic nitrogens is 2. The van der Waals surface area contributed by atoms with Crippen molar-refractivity contribution < 1.29 is 4.79 Å². The van der Waals surface area contributed by atoms with E-state index in [1.165, 1.54) is 11.9 Å². The predicted molar refractivity (Wildman–Crippen MR) is 66.5 cm³/mol. The average molecular weight is 226 g/mol. The largest absolute Gasteiger partial charge is 0.300 e. The lowest BCUT2D eigenvalue weighted by Gasteiger charge is -2.04. The number of Topliss-reactive ketones (excluding diaryl/α,β-unsaturated/α-hetero) is 1. The summed E-state index contributed by atoms with van der Waals surface area (Å²) < 4.78 is 0. The van der Waals surface area contributed by atoms with Gasteiger partial charge < -0.3 is 4.79 Å². The molecule has 0 aliphatic carbocycles. The summed E-state index contributed by atoms with van der Waals surface area (Å²) in [6.45, 7) is 1.62. The molecule has 2 rings (SSSR count). The van der Waals surface area contributed by atoms with Crippen molar-refractivity contribution in [1.29, 1.82) is 0 Å². The van der Waals surface area contributed by atoms with Crippen LogP contribution in [0.15, 0.2) is 43.0 Å². The molecule has 1 aromatic carbocycles. The molecule has 0 amide bonds. The standard InChI is InChI=1S/C14H14N2O/c1-11(17)5-6-12-3-2-4-13(7-12)14-8-15-10-16-9-14/h2-4,7-10H,5-6H2,1H3. The van der Waals surface area contributed by atoms with Gasteiger partial charge in [-0.05, 0) is 24.5 Å². The van der Waals surface area contributed by atoms with Crippen LogP contribution in [0.4, 0.5) is 0 Å². The second-order valence-corrected chi connectivity index (χ2v) is 4.03. The van der Waals surface area contributed by atoms with Crippen molar-refractivity contribution in [3.8, 4) is 11.1 Å². The fraction of sp³-hybridized carbons (Fsp3) is 0.214. The van der Waals surface area contributed by atoms with Crippen LogP contribution in [0.2, 0.25) is 0 Å². The molecule has 0 saturated heterocycles. The number of aryl methyl sites for hydroxylation is 1. The van der Waals surface area contributed by atoms with E-state index in [4.69, 9.17) is 0 Å². The Kier molecular flexibility index (Phi) is 3.60. The van der Waals surface area contributed by atoms with Crippen molar-refractivity contribution in [3.05, 3.63) is 48.5 Å². The third kappa shape index (κ3) is 3.21. The second kappa shape index (κ2) is 5.34. The van der Waals surface area contributed by atoms with Gasteiger partial charge in [0.1, 0.15) is 12.1 Å². The van der Waals surface area contributed by atoms with Crippen molar-refractivity contribution in [3.63, 3.8) is 0 Å². The van der Waals surface area contributed by atoms with Gasteiger partial charge in [0.15, 0.2) is 0 Å². The van der Waals surface area contributed by atoms with Crippen LogP contribution >= 0.6 is 0 Å². The first-order valence-corrected chi connectivity index (χ1v) is 5.59. The van der Waals surface area contributed by atoms with Gasteiger partial charge in [-0.25, -0.2) is 9.97 Å². The maximum atomic E-state index is 11.0. The van der Waals surface area contributed by atoms with E-state index in [0.717, 1.165) is 17.5 Å². The van der Waals surface area contributed by atoms with Gasteiger partial charge in [-0.15, -0.1) is 0 Å². The summed E-state index contributed by atoms with van der Waals surface area (Å²) in [6, 6.07) is 8.14. The van der Waals surface area contributed by atoms with Gasteiger partial charge in [-0.2, -0.15) is 0 Å². The number of nitrogens with zero attached hydrogens (tertiary/aromatic N) is 2. The number of ketones is 1. The monoisotopic (exact) mass is 226 g/mol. The lowest BCUT2D eigenvalue weighted by atomic mass is 10.0. The number of hydrogen-bond donors (Lipinski definition) is 0. The third-order valence-electron chi connectivity index (χ3n) is 2.59. The lowest BCUT2D eigenvalue weighted by molar-refractivity contribution is -0.116. The van der Waals surface area contributed by atoms with E-state index < -0.39 is 0 Å². The molecular formula is C14H14N2O. The van der Waals surface area contributed by atoms with Crippen LogP contribution in [0.5, 0.6) is 0 Å². The van der Waals surface area contributed by atoms with E-state index in [0.29, 0.717) is 6.42 Å². The summed E-state index contributed by atoms with van der Waals surface area (Å²) in [5.41, 5.74) is 3.25. The molecule has 0 aliphatic heterocycles. The van der Waals surface area contributed by atoms with E-state index in [1.54, 1.807) is 19.3 Å². The van der Waals surface area contributed by atoms with Crippen molar-refractivity contribution in [1.82, 2.24) is 9.97 Å². The minimum absolute atomic E-state index is 0.221. The van der Waals surface area contributed by atoms with Crippen molar-refractivity contribution in [2.45, 2.75) is 19.8 Å². The molecule has 1 aromatic heterocycles. The fourth-order valence-electron chi connectivity index (χ4n) is 1.67. The SMILES string of the molecule is CC(=O)CCc1cccc(-c2cncnc2)c1. The van der Waals surface area contributed by atoms with Crippen LogP contribution < -0.4 is 0 Å². The molecule has 0 saturated carbocycles. The van der Waals surface area contributed by atoms with Crippen LogP contribution in [0.25, 0.3) is 11.1 Å². The topological polar surface area (TPSA) is 42.9 Å². The molecule has 0 spiro atoms. The Morgan fingerprint density at radius 1 is 1.18 bits per heavy atom. The van der Waals surface area contributed by atoms with Gasteiger partial charge in [-0.3, -0.25) is 0 Å². The molecule has 0 N–H and O–H groups in total. The van der Waals surface area contributed by atoms with E-state index in [2.05, 4.69) is 16.0 Å². The molecule has 86 valence electrons. The Balaban J connectivity index is 2.20. The quantitative estimate of drug-likeness (QED) is 0.805. The van der Waals surface area contributed by atoms with E-state index in [9.17, 15) is 4.79 Å². The molecule has 17 heavy (non-hydrogen) atoms. The van der Waals surface area contributed by atoms with Crippen molar-refractivity contribution >= 4 is 5.78 Å². The molecule has 0 fully saturated rings. The Labute approximate surface area is 101 Å². The van der Waals surface area contributed by atoms with E-state index in [1.807, 2.05) is 18.2 Å². The predicted octanol–water partition coefficient (Wildman–Crippen LogP) is 2.67. The Morgan fingerprint density at radius 3 is 2.65 bits per heavy atom. The average Bonchev–Trinajstić information content (AvgIpc) is 2.38. The zero-order chi connectivity index (χ0) is 12.1. The van der Waals surface area contributed by atoms with Gasteiger partial charge in [0.05, 0.1) is 0 Å². The van der Waals surface area contributed by atoms with Gasteiger partial charge in [0.25, 0.3) is 0 Å². The minimum Gasteiger partial charge on any atom is -0.300 e. The third-order valence-corrected chi connectivity index (χ3v) is 2.59. The van der Waals surface area contributed by atoms with E-state index in [-0.39, 0.29) is 5.78 Å². The highest BCUT2D eigenvalue weighted by Gasteiger charge is 2.01. The second-order valence-electron chi connectivity index (χ2n) is 4.03. The maximum Gasteiger partial charge on any atom is 0.130 e. The lowest BCUT2D eigenvalue weighted by Crippen LogP contribution is -1.94. The molecule has 2 aromatic rings. The van der Waals surface area contributed by atoms with Crippen LogP contribution in [-0.2, 0) is 11.2 Å². The first-order chi connectivity index (χ1) is 8.25. The smallest absolute Gasteiger partial charge is 0.130 e. The molecule has 0 unspecified atom stereocenters. The van der Waals surface area contributed by atoms with Gasteiger partial charge in [0.2, 0.25) is 0 Å². The van der Waals surface area contributed by atoms with E-state index >= 15 is 0 Å². The highest BCUT2D eigenvalue weighted by molar-refractivity contribution is 5.75. The Morgan fingerprint density at radius 2 is 1.94 bits per heavy atom. The maximum absolute atomic E-state index is 11.0. The fourth-order valence-corrected chi connectivity index (χ4v) is 1.67. The number of carbonyl (C=O) groups is 1. The van der Waals surface area contributed by atoms with Crippen LogP contribution in [-0.4, -0.2) is 15.8 Å². The summed E-state index contributed by atoms with van der Waals surface area (Å²) in [4.78, 5) is 19.0. The normalized spacial score (nSPS) is 10.2. The molecule has 3 nitrogen and oxygen atoms in total. The Bertz CT molecular complexity index is 509. The number of rotatable bonds is 4. The summed E-state index contributed by atoms with van der Waals surface area (Å²) >= 11 is 0. The van der Waals surface area contributed by atoms with Crippen molar-refractivity contribution in [2.75, 3.05) is 0 Å². The highest BCUT2D eigenvalue weighted by atomic mass is 16.1. The molecule has 0 bridgehead atoms. The van der Waals surface area contributed by atoms with Gasteiger partial charge in [-0.1, -0.05) is 24.3 Å².